The van der Waals surface area contributed by atoms with Crippen molar-refractivity contribution in [3.63, 3.8) is 0 Å². The van der Waals surface area contributed by atoms with Crippen LogP contribution in [-0.4, -0.2) is 20.7 Å². The third-order valence-electron chi connectivity index (χ3n) is 4.56. The van der Waals surface area contributed by atoms with Crippen molar-refractivity contribution in [2.45, 2.75) is 52.2 Å². The van der Waals surface area contributed by atoms with Gasteiger partial charge in [0.25, 0.3) is 0 Å². The molecule has 1 atom stereocenters. The molecular weight excluding hydrogens is 394 g/mol. The molecule has 6 heteroatoms. The van der Waals surface area contributed by atoms with E-state index in [0.717, 1.165) is 33.0 Å². The molecule has 0 bridgehead atoms. The fourth-order valence-corrected chi connectivity index (χ4v) is 3.69. The van der Waals surface area contributed by atoms with Crippen LogP contribution in [0.25, 0.3) is 10.4 Å². The van der Waals surface area contributed by atoms with Gasteiger partial charge in [0.15, 0.2) is 11.6 Å². The highest BCUT2D eigenvalue weighted by molar-refractivity contribution is 7.15. The van der Waals surface area contributed by atoms with Gasteiger partial charge in [-0.3, -0.25) is 0 Å². The van der Waals surface area contributed by atoms with E-state index in [4.69, 9.17) is 10.5 Å². The molecule has 0 amide bonds. The van der Waals surface area contributed by atoms with Gasteiger partial charge in [0, 0.05) is 29.4 Å². The van der Waals surface area contributed by atoms with Crippen molar-refractivity contribution in [1.82, 2.24) is 9.97 Å². The molecule has 30 heavy (non-hydrogen) atoms. The zero-order valence-electron chi connectivity index (χ0n) is 17.8. The van der Waals surface area contributed by atoms with E-state index in [1.165, 1.54) is 0 Å². The van der Waals surface area contributed by atoms with Crippen molar-refractivity contribution < 1.29 is 9.84 Å². The van der Waals surface area contributed by atoms with Crippen LogP contribution in [0.5, 0.6) is 5.75 Å². The van der Waals surface area contributed by atoms with Gasteiger partial charge >= 0.3 is 0 Å². The number of anilines is 1. The number of rotatable bonds is 6. The fourth-order valence-electron chi connectivity index (χ4n) is 2.65. The number of benzene rings is 1. The molecule has 3 N–H and O–H groups in total. The largest absolute Gasteiger partial charge is 0.485 e. The van der Waals surface area contributed by atoms with Gasteiger partial charge in [-0.05, 0) is 44.0 Å². The molecule has 0 saturated carbocycles. The maximum absolute atomic E-state index is 9.77. The highest BCUT2D eigenvalue weighted by Crippen LogP contribution is 2.33. The standard InChI is InChI=1S/C24H27N3O2S/c1-5-16(2)23-27-14-21(30-23)19-12-20(22(25)26-13-19)29-15-18-8-6-7-17(11-18)9-10-24(3,4)28/h6-8,11-14,16,28H,5,15H2,1-4H3,(H2,25,26). The van der Waals surface area contributed by atoms with Crippen LogP contribution in [0.2, 0.25) is 0 Å². The Kier molecular flexibility index (Phi) is 6.76. The van der Waals surface area contributed by atoms with E-state index in [-0.39, 0.29) is 0 Å². The van der Waals surface area contributed by atoms with Crippen molar-refractivity contribution in [2.24, 2.45) is 0 Å². The summed E-state index contributed by atoms with van der Waals surface area (Å²) in [4.78, 5) is 9.89. The summed E-state index contributed by atoms with van der Waals surface area (Å²) >= 11 is 1.67. The van der Waals surface area contributed by atoms with Gasteiger partial charge in [-0.1, -0.05) is 37.8 Å². The van der Waals surface area contributed by atoms with Crippen molar-refractivity contribution in [1.29, 1.82) is 0 Å². The van der Waals surface area contributed by atoms with E-state index in [1.807, 2.05) is 36.5 Å². The van der Waals surface area contributed by atoms with Crippen LogP contribution in [0.3, 0.4) is 0 Å². The maximum atomic E-state index is 9.77. The minimum atomic E-state index is -1.03. The molecule has 156 valence electrons. The molecule has 5 nitrogen and oxygen atoms in total. The number of ether oxygens (including phenoxy) is 1. The lowest BCUT2D eigenvalue weighted by atomic mass is 10.1. The van der Waals surface area contributed by atoms with Crippen molar-refractivity contribution in [3.8, 4) is 28.0 Å². The lowest BCUT2D eigenvalue weighted by Gasteiger charge is -2.10. The first-order valence-corrected chi connectivity index (χ1v) is 10.8. The summed E-state index contributed by atoms with van der Waals surface area (Å²) < 4.78 is 5.96. The summed E-state index contributed by atoms with van der Waals surface area (Å²) in [6, 6.07) is 9.63. The number of hydrogen-bond donors (Lipinski definition) is 2. The molecule has 0 spiro atoms. The average Bonchev–Trinajstić information content (AvgIpc) is 3.21. The van der Waals surface area contributed by atoms with Gasteiger partial charge in [-0.15, -0.1) is 11.3 Å². The monoisotopic (exact) mass is 421 g/mol. The molecule has 1 aromatic carbocycles. The van der Waals surface area contributed by atoms with E-state index in [2.05, 4.69) is 35.7 Å². The van der Waals surface area contributed by atoms with Crippen LogP contribution in [-0.2, 0) is 6.61 Å². The van der Waals surface area contributed by atoms with Crippen LogP contribution in [0.4, 0.5) is 5.82 Å². The quantitative estimate of drug-likeness (QED) is 0.547. The van der Waals surface area contributed by atoms with Crippen LogP contribution < -0.4 is 10.5 Å². The molecule has 2 heterocycles. The average molecular weight is 422 g/mol. The van der Waals surface area contributed by atoms with Gasteiger partial charge in [-0.25, -0.2) is 9.97 Å². The smallest absolute Gasteiger partial charge is 0.166 e. The minimum Gasteiger partial charge on any atom is -0.485 e. The van der Waals surface area contributed by atoms with Gasteiger partial charge in [0.1, 0.15) is 12.2 Å². The molecule has 0 fully saturated rings. The molecule has 3 aromatic rings. The SMILES string of the molecule is CCC(C)c1ncc(-c2cnc(N)c(OCc3cccc(C#CC(C)(C)O)c3)c2)s1. The zero-order chi connectivity index (χ0) is 21.7. The first-order chi connectivity index (χ1) is 14.2. The first kappa shape index (κ1) is 21.8. The third kappa shape index (κ3) is 5.82. The van der Waals surface area contributed by atoms with E-state index >= 15 is 0 Å². The summed E-state index contributed by atoms with van der Waals surface area (Å²) in [6.45, 7) is 8.00. The zero-order valence-corrected chi connectivity index (χ0v) is 18.6. The van der Waals surface area contributed by atoms with E-state index in [9.17, 15) is 5.11 Å². The highest BCUT2D eigenvalue weighted by atomic mass is 32.1. The van der Waals surface area contributed by atoms with E-state index in [1.54, 1.807) is 31.4 Å². The summed E-state index contributed by atoms with van der Waals surface area (Å²) in [5.74, 6) is 7.13. The van der Waals surface area contributed by atoms with Crippen LogP contribution in [0.1, 0.15) is 56.2 Å². The number of thiazole rings is 1. The molecular formula is C24H27N3O2S. The van der Waals surface area contributed by atoms with Crippen molar-refractivity contribution >= 4 is 17.2 Å². The second kappa shape index (κ2) is 9.29. The Bertz CT molecular complexity index is 1070. The molecule has 3 rings (SSSR count). The number of pyridine rings is 1. The van der Waals surface area contributed by atoms with Gasteiger partial charge in [-0.2, -0.15) is 0 Å². The molecule has 0 aliphatic heterocycles. The Labute approximate surface area is 182 Å². The summed E-state index contributed by atoms with van der Waals surface area (Å²) in [5, 5.41) is 10.9. The van der Waals surface area contributed by atoms with E-state index < -0.39 is 5.60 Å². The number of hydrogen-bond acceptors (Lipinski definition) is 6. The number of aromatic nitrogens is 2. The third-order valence-corrected chi connectivity index (χ3v) is 5.84. The van der Waals surface area contributed by atoms with Crippen LogP contribution >= 0.6 is 11.3 Å². The molecule has 1 unspecified atom stereocenters. The van der Waals surface area contributed by atoms with Gasteiger partial charge in [0.05, 0.1) is 9.88 Å². The van der Waals surface area contributed by atoms with Crippen LogP contribution in [0.15, 0.2) is 42.7 Å². The number of nitrogen functional groups attached to an aromatic ring is 1. The molecule has 0 saturated heterocycles. The topological polar surface area (TPSA) is 81.3 Å². The van der Waals surface area contributed by atoms with Crippen molar-refractivity contribution in [3.05, 3.63) is 58.9 Å². The Morgan fingerprint density at radius 1 is 1.23 bits per heavy atom. The van der Waals surface area contributed by atoms with E-state index in [0.29, 0.717) is 24.1 Å². The molecule has 0 aliphatic carbocycles. The Hall–Kier alpha value is -2.88. The highest BCUT2D eigenvalue weighted by Gasteiger charge is 2.12. The fraction of sp³-hybridized carbons (Fsp3) is 0.333. The molecule has 0 aliphatic rings. The second-order valence-electron chi connectivity index (χ2n) is 7.78. The lowest BCUT2D eigenvalue weighted by Crippen LogP contribution is -2.14. The number of nitrogens with zero attached hydrogens (tertiary/aromatic N) is 2. The summed E-state index contributed by atoms with van der Waals surface area (Å²) in [7, 11) is 0. The normalized spacial score (nSPS) is 12.2. The Morgan fingerprint density at radius 2 is 2.03 bits per heavy atom. The number of nitrogens with two attached hydrogens (primary N) is 1. The minimum absolute atomic E-state index is 0.341. The van der Waals surface area contributed by atoms with Crippen molar-refractivity contribution in [2.75, 3.05) is 5.73 Å². The predicted molar refractivity (Wildman–Crippen MR) is 122 cm³/mol. The summed E-state index contributed by atoms with van der Waals surface area (Å²) in [6.07, 6.45) is 4.69. The maximum Gasteiger partial charge on any atom is 0.166 e. The predicted octanol–water partition coefficient (Wildman–Crippen LogP) is 5.00. The Morgan fingerprint density at radius 3 is 2.77 bits per heavy atom. The van der Waals surface area contributed by atoms with Crippen LogP contribution in [0, 0.1) is 11.8 Å². The van der Waals surface area contributed by atoms with Gasteiger partial charge < -0.3 is 15.6 Å². The Balaban J connectivity index is 1.75. The van der Waals surface area contributed by atoms with Gasteiger partial charge in [0.2, 0.25) is 0 Å². The molecule has 2 aromatic heterocycles. The first-order valence-electron chi connectivity index (χ1n) is 9.94. The summed E-state index contributed by atoms with van der Waals surface area (Å²) in [5.41, 5.74) is 7.72. The number of aliphatic hydroxyl groups is 1. The lowest BCUT2D eigenvalue weighted by molar-refractivity contribution is 0.143. The molecule has 0 radical (unpaired) electrons. The second-order valence-corrected chi connectivity index (χ2v) is 8.84.